The zero-order valence-corrected chi connectivity index (χ0v) is 19.3. The second-order valence-corrected chi connectivity index (χ2v) is 8.00. The highest BCUT2D eigenvalue weighted by molar-refractivity contribution is 6.10. The number of carbonyl (C=O) groups excluding carboxylic acids is 4. The molecule has 2 aromatic rings. The van der Waals surface area contributed by atoms with Gasteiger partial charge in [0, 0.05) is 18.0 Å². The van der Waals surface area contributed by atoms with Crippen molar-refractivity contribution in [3.05, 3.63) is 64.7 Å². The zero-order chi connectivity index (χ0) is 24.8. The molecule has 176 valence electrons. The largest absolute Gasteiger partial charge is 0.466 e. The molecule has 9 nitrogen and oxygen atoms in total. The van der Waals surface area contributed by atoms with E-state index in [-0.39, 0.29) is 43.5 Å². The van der Waals surface area contributed by atoms with Crippen molar-refractivity contribution >= 4 is 29.4 Å². The fraction of sp³-hybridized carbons (Fsp3) is 0.320. The summed E-state index contributed by atoms with van der Waals surface area (Å²) in [5.41, 5.74) is 4.31. The minimum atomic E-state index is -0.625. The monoisotopic (exact) mass is 462 g/mol. The second-order valence-electron chi connectivity index (χ2n) is 8.00. The predicted molar refractivity (Wildman–Crippen MR) is 124 cm³/mol. The number of aryl methyl sites for hydroxylation is 1. The SMILES string of the molecule is CCOC(=O)CCc1cc(C#N)ccc1C(=O)NN1CC(=O)N(C(C)C)c2ccccc2C1=O. The number of anilines is 1. The van der Waals surface area contributed by atoms with E-state index in [0.717, 1.165) is 5.01 Å². The van der Waals surface area contributed by atoms with Crippen LogP contribution in [0.2, 0.25) is 0 Å². The van der Waals surface area contributed by atoms with Gasteiger partial charge in [0.1, 0.15) is 6.54 Å². The molecule has 0 fully saturated rings. The molecule has 0 spiro atoms. The van der Waals surface area contributed by atoms with Crippen LogP contribution in [0.4, 0.5) is 5.69 Å². The van der Waals surface area contributed by atoms with Gasteiger partial charge in [0.05, 0.1) is 29.5 Å². The zero-order valence-electron chi connectivity index (χ0n) is 19.3. The van der Waals surface area contributed by atoms with Gasteiger partial charge < -0.3 is 9.64 Å². The van der Waals surface area contributed by atoms with Gasteiger partial charge in [0.25, 0.3) is 11.8 Å². The van der Waals surface area contributed by atoms with E-state index in [4.69, 9.17) is 4.74 Å². The summed E-state index contributed by atoms with van der Waals surface area (Å²) in [6.45, 7) is 5.29. The average Bonchev–Trinajstić information content (AvgIpc) is 2.91. The van der Waals surface area contributed by atoms with Crippen molar-refractivity contribution in [3.8, 4) is 6.07 Å². The average molecular weight is 463 g/mol. The molecule has 0 radical (unpaired) electrons. The van der Waals surface area contributed by atoms with Crippen molar-refractivity contribution in [1.82, 2.24) is 10.4 Å². The molecule has 0 saturated carbocycles. The number of fused-ring (bicyclic) bond motifs is 1. The topological polar surface area (TPSA) is 120 Å². The Hall–Kier alpha value is -4.19. The molecule has 34 heavy (non-hydrogen) atoms. The van der Waals surface area contributed by atoms with Crippen LogP contribution in [0.1, 0.15) is 59.0 Å². The Morgan fingerprint density at radius 2 is 1.91 bits per heavy atom. The number of carbonyl (C=O) groups is 4. The molecule has 0 unspecified atom stereocenters. The summed E-state index contributed by atoms with van der Waals surface area (Å²) in [6.07, 6.45) is 0.203. The second kappa shape index (κ2) is 10.6. The number of nitriles is 1. The molecule has 0 bridgehead atoms. The maximum atomic E-state index is 13.2. The minimum Gasteiger partial charge on any atom is -0.466 e. The number of hydrogen-bond donors (Lipinski definition) is 1. The number of ether oxygens (including phenoxy) is 1. The summed E-state index contributed by atoms with van der Waals surface area (Å²) in [4.78, 5) is 52.7. The van der Waals surface area contributed by atoms with E-state index in [9.17, 15) is 24.4 Å². The van der Waals surface area contributed by atoms with Crippen LogP contribution in [0.15, 0.2) is 42.5 Å². The third-order valence-electron chi connectivity index (χ3n) is 5.34. The maximum Gasteiger partial charge on any atom is 0.306 e. The third-order valence-corrected chi connectivity index (χ3v) is 5.34. The van der Waals surface area contributed by atoms with Gasteiger partial charge in [-0.3, -0.25) is 24.6 Å². The molecule has 2 aromatic carbocycles. The minimum absolute atomic E-state index is 0.0286. The summed E-state index contributed by atoms with van der Waals surface area (Å²) in [7, 11) is 0. The predicted octanol–water partition coefficient (Wildman–Crippen LogP) is 2.60. The maximum absolute atomic E-state index is 13.2. The number of esters is 1. The highest BCUT2D eigenvalue weighted by atomic mass is 16.5. The Morgan fingerprint density at radius 3 is 2.59 bits per heavy atom. The molecule has 1 aliphatic rings. The van der Waals surface area contributed by atoms with Crippen LogP contribution in [0.25, 0.3) is 0 Å². The van der Waals surface area contributed by atoms with E-state index in [1.807, 2.05) is 19.9 Å². The molecule has 1 N–H and O–H groups in total. The van der Waals surface area contributed by atoms with Crippen LogP contribution in [0, 0.1) is 11.3 Å². The van der Waals surface area contributed by atoms with Gasteiger partial charge in [-0.25, -0.2) is 5.01 Å². The molecule has 0 atom stereocenters. The number of para-hydroxylation sites is 1. The third kappa shape index (κ3) is 5.23. The molecule has 0 aromatic heterocycles. The van der Waals surface area contributed by atoms with Crippen molar-refractivity contribution in [1.29, 1.82) is 5.26 Å². The summed E-state index contributed by atoms with van der Waals surface area (Å²) >= 11 is 0. The van der Waals surface area contributed by atoms with Gasteiger partial charge in [0.2, 0.25) is 5.91 Å². The Balaban J connectivity index is 1.89. The van der Waals surface area contributed by atoms with Crippen LogP contribution in [0.3, 0.4) is 0 Å². The van der Waals surface area contributed by atoms with E-state index in [1.165, 1.54) is 23.1 Å². The number of rotatable bonds is 7. The Labute approximate surface area is 197 Å². The normalized spacial score (nSPS) is 13.3. The van der Waals surface area contributed by atoms with E-state index in [1.54, 1.807) is 31.2 Å². The van der Waals surface area contributed by atoms with Crippen molar-refractivity contribution in [3.63, 3.8) is 0 Å². The van der Waals surface area contributed by atoms with Crippen LogP contribution in [0.5, 0.6) is 0 Å². The fourth-order valence-corrected chi connectivity index (χ4v) is 3.83. The van der Waals surface area contributed by atoms with E-state index < -0.39 is 17.8 Å². The summed E-state index contributed by atoms with van der Waals surface area (Å²) in [5, 5.41) is 10.2. The number of hydrazine groups is 1. The molecular weight excluding hydrogens is 436 g/mol. The van der Waals surface area contributed by atoms with Crippen LogP contribution >= 0.6 is 0 Å². The number of hydrogen-bond acceptors (Lipinski definition) is 6. The van der Waals surface area contributed by atoms with Crippen LogP contribution in [-0.2, 0) is 20.7 Å². The van der Waals surface area contributed by atoms with Gasteiger partial charge in [0.15, 0.2) is 0 Å². The van der Waals surface area contributed by atoms with Gasteiger partial charge in [-0.15, -0.1) is 0 Å². The van der Waals surface area contributed by atoms with Gasteiger partial charge in [-0.2, -0.15) is 5.26 Å². The first-order valence-corrected chi connectivity index (χ1v) is 11.0. The van der Waals surface area contributed by atoms with Crippen LogP contribution < -0.4 is 10.3 Å². The number of amides is 3. The Morgan fingerprint density at radius 1 is 1.18 bits per heavy atom. The number of nitrogens with one attached hydrogen (secondary N) is 1. The highest BCUT2D eigenvalue weighted by Crippen LogP contribution is 2.27. The number of benzene rings is 2. The fourth-order valence-electron chi connectivity index (χ4n) is 3.83. The smallest absolute Gasteiger partial charge is 0.306 e. The molecule has 9 heteroatoms. The quantitative estimate of drug-likeness (QED) is 0.632. The molecule has 3 amide bonds. The van der Waals surface area contributed by atoms with Crippen molar-refractivity contribution in [2.45, 2.75) is 39.7 Å². The van der Waals surface area contributed by atoms with Crippen molar-refractivity contribution in [2.75, 3.05) is 18.1 Å². The Kier molecular flexibility index (Phi) is 7.64. The van der Waals surface area contributed by atoms with Crippen molar-refractivity contribution < 1.29 is 23.9 Å². The van der Waals surface area contributed by atoms with Gasteiger partial charge >= 0.3 is 5.97 Å². The van der Waals surface area contributed by atoms with Crippen LogP contribution in [-0.4, -0.2) is 47.9 Å². The van der Waals surface area contributed by atoms with E-state index >= 15 is 0 Å². The Bertz CT molecular complexity index is 1170. The molecule has 1 aliphatic heterocycles. The summed E-state index contributed by atoms with van der Waals surface area (Å²) < 4.78 is 4.94. The lowest BCUT2D eigenvalue weighted by Crippen LogP contribution is -2.50. The summed E-state index contributed by atoms with van der Waals surface area (Å²) in [5.74, 6) is -1.90. The van der Waals surface area contributed by atoms with Gasteiger partial charge in [-0.1, -0.05) is 12.1 Å². The summed E-state index contributed by atoms with van der Waals surface area (Å²) in [6, 6.07) is 13.0. The van der Waals surface area contributed by atoms with Crippen molar-refractivity contribution in [2.24, 2.45) is 0 Å². The molecule has 0 aliphatic carbocycles. The van der Waals surface area contributed by atoms with Gasteiger partial charge in [-0.05, 0) is 63.1 Å². The van der Waals surface area contributed by atoms with E-state index in [2.05, 4.69) is 5.43 Å². The molecular formula is C25H26N4O5. The standard InChI is InChI=1S/C25H26N4O5/c1-4-34-23(31)12-10-18-13-17(14-26)9-11-19(18)24(32)27-28-15-22(30)29(16(2)3)21-8-6-5-7-20(21)25(28)33/h5-9,11,13,16H,4,10,12,15H2,1-3H3,(H,27,32). The molecule has 3 rings (SSSR count). The lowest BCUT2D eigenvalue weighted by atomic mass is 9.99. The lowest BCUT2D eigenvalue weighted by Gasteiger charge is -2.26. The van der Waals surface area contributed by atoms with E-state index in [0.29, 0.717) is 22.4 Å². The molecule has 0 saturated heterocycles. The first-order chi connectivity index (χ1) is 16.3. The first-order valence-electron chi connectivity index (χ1n) is 11.0. The first kappa shape index (κ1) is 24.5. The highest BCUT2D eigenvalue weighted by Gasteiger charge is 2.33. The molecule has 1 heterocycles. The number of nitrogens with zero attached hydrogens (tertiary/aromatic N) is 3. The lowest BCUT2D eigenvalue weighted by molar-refractivity contribution is -0.143.